The van der Waals surface area contributed by atoms with Gasteiger partial charge in [0, 0.05) is 31.4 Å². The number of aromatic nitrogens is 1. The number of nitrogens with zero attached hydrogens (tertiary/aromatic N) is 2. The van der Waals surface area contributed by atoms with E-state index in [1.54, 1.807) is 24.1 Å². The Kier molecular flexibility index (Phi) is 5.45. The van der Waals surface area contributed by atoms with E-state index in [0.717, 1.165) is 5.69 Å². The van der Waals surface area contributed by atoms with E-state index in [-0.39, 0.29) is 18.4 Å². The topological polar surface area (TPSA) is 84.7 Å². The van der Waals surface area contributed by atoms with Gasteiger partial charge in [-0.3, -0.25) is 14.6 Å². The first-order chi connectivity index (χ1) is 12.1. The van der Waals surface area contributed by atoms with Crippen LogP contribution < -0.4 is 5.32 Å². The summed E-state index contributed by atoms with van der Waals surface area (Å²) in [5.74, 6) is 0.228. The lowest BCUT2D eigenvalue weighted by atomic mass is 10.2. The predicted molar refractivity (Wildman–Crippen MR) is 90.0 cm³/mol. The van der Waals surface area contributed by atoms with Crippen molar-refractivity contribution < 1.29 is 18.7 Å². The van der Waals surface area contributed by atoms with Gasteiger partial charge >= 0.3 is 0 Å². The zero-order valence-electron chi connectivity index (χ0n) is 14.1. The number of nitrogens with one attached hydrogen (secondary N) is 1. The van der Waals surface area contributed by atoms with Crippen molar-refractivity contribution in [2.45, 2.75) is 19.4 Å². The summed E-state index contributed by atoms with van der Waals surface area (Å²) in [4.78, 5) is 30.7. The molecule has 3 heterocycles. The number of amides is 2. The monoisotopic (exact) mass is 343 g/mol. The number of rotatable bonds is 5. The van der Waals surface area contributed by atoms with Crippen LogP contribution in [-0.2, 0) is 16.0 Å². The Labute approximate surface area is 146 Å². The molecule has 7 heteroatoms. The molecule has 0 aromatic carbocycles. The van der Waals surface area contributed by atoms with E-state index in [9.17, 15) is 9.59 Å². The van der Waals surface area contributed by atoms with Gasteiger partial charge in [0.2, 0.25) is 0 Å². The average molecular weight is 343 g/mol. The fraction of sp³-hybridized carbons (Fsp3) is 0.389. The minimum atomic E-state index is -0.659. The number of aryl methyl sites for hydroxylation is 1. The lowest BCUT2D eigenvalue weighted by molar-refractivity contribution is -0.137. The zero-order valence-corrected chi connectivity index (χ0v) is 14.1. The highest BCUT2D eigenvalue weighted by molar-refractivity contribution is 5.95. The zero-order chi connectivity index (χ0) is 17.6. The van der Waals surface area contributed by atoms with Gasteiger partial charge in [0.25, 0.3) is 11.8 Å². The summed E-state index contributed by atoms with van der Waals surface area (Å²) in [6.45, 7) is 3.25. The van der Waals surface area contributed by atoms with Gasteiger partial charge in [-0.2, -0.15) is 0 Å². The van der Waals surface area contributed by atoms with Crippen LogP contribution in [0.1, 0.15) is 21.8 Å². The molecule has 1 fully saturated rings. The largest absolute Gasteiger partial charge is 0.469 e. The van der Waals surface area contributed by atoms with Crippen LogP contribution >= 0.6 is 0 Å². The summed E-state index contributed by atoms with van der Waals surface area (Å²) in [5, 5.41) is 2.85. The van der Waals surface area contributed by atoms with Crippen LogP contribution in [0.4, 0.5) is 0 Å². The number of carbonyl (C=O) groups excluding carboxylic acids is 2. The Bertz CT molecular complexity index is 729. The van der Waals surface area contributed by atoms with Gasteiger partial charge in [-0.25, -0.2) is 0 Å². The molecule has 3 rings (SSSR count). The Hall–Kier alpha value is -2.67. The fourth-order valence-corrected chi connectivity index (χ4v) is 2.74. The number of furan rings is 1. The predicted octanol–water partition coefficient (Wildman–Crippen LogP) is 1.18. The van der Waals surface area contributed by atoms with Gasteiger partial charge in [-0.05, 0) is 25.1 Å². The molecule has 0 saturated carbocycles. The molecule has 0 bridgehead atoms. The quantitative estimate of drug-likeness (QED) is 0.881. The third kappa shape index (κ3) is 4.24. The summed E-state index contributed by atoms with van der Waals surface area (Å²) in [6.07, 6.45) is 3.21. The van der Waals surface area contributed by atoms with E-state index in [1.165, 1.54) is 6.26 Å². The number of hydrogen-bond acceptors (Lipinski definition) is 5. The molecule has 1 atom stereocenters. The highest BCUT2D eigenvalue weighted by Gasteiger charge is 2.30. The Balaban J connectivity index is 1.51. The molecule has 1 N–H and O–H groups in total. The van der Waals surface area contributed by atoms with Crippen LogP contribution in [-0.4, -0.2) is 54.0 Å². The van der Waals surface area contributed by atoms with Crippen LogP contribution in [0.3, 0.4) is 0 Å². The third-order valence-electron chi connectivity index (χ3n) is 4.14. The molecule has 2 aromatic rings. The lowest BCUT2D eigenvalue weighted by Gasteiger charge is -2.32. The van der Waals surface area contributed by atoms with Crippen molar-refractivity contribution in [2.24, 2.45) is 0 Å². The van der Waals surface area contributed by atoms with E-state index in [2.05, 4.69) is 10.3 Å². The Morgan fingerprint density at radius 1 is 1.36 bits per heavy atom. The molecule has 1 aliphatic rings. The smallest absolute Gasteiger partial charge is 0.257 e. The standard InChI is InChI=1S/C18H21N3O4/c1-13-15(6-10-24-13)18(23)21-9-11-25-16(12-21)17(22)20-8-5-14-4-2-3-7-19-14/h2-4,6-7,10,16H,5,8-9,11-12H2,1H3,(H,20,22). The minimum Gasteiger partial charge on any atom is -0.469 e. The molecule has 7 nitrogen and oxygen atoms in total. The van der Waals surface area contributed by atoms with Gasteiger partial charge in [-0.15, -0.1) is 0 Å². The summed E-state index contributed by atoms with van der Waals surface area (Å²) in [6, 6.07) is 7.33. The summed E-state index contributed by atoms with van der Waals surface area (Å²) in [5.41, 5.74) is 1.44. The van der Waals surface area contributed by atoms with Crippen molar-refractivity contribution in [3.63, 3.8) is 0 Å². The van der Waals surface area contributed by atoms with E-state index < -0.39 is 6.10 Å². The molecule has 1 aliphatic heterocycles. The van der Waals surface area contributed by atoms with Crippen LogP contribution in [0.15, 0.2) is 41.1 Å². The van der Waals surface area contributed by atoms with Crippen LogP contribution in [0.5, 0.6) is 0 Å². The molecule has 2 aromatic heterocycles. The SMILES string of the molecule is Cc1occc1C(=O)N1CCOC(C(=O)NCCc2ccccn2)C1. The number of ether oxygens (including phenoxy) is 1. The van der Waals surface area contributed by atoms with Crippen LogP contribution in [0.25, 0.3) is 0 Å². The normalized spacial score (nSPS) is 17.3. The highest BCUT2D eigenvalue weighted by Crippen LogP contribution is 2.15. The van der Waals surface area contributed by atoms with Crippen molar-refractivity contribution in [3.8, 4) is 0 Å². The van der Waals surface area contributed by atoms with E-state index in [1.807, 2.05) is 18.2 Å². The molecule has 2 amide bonds. The van der Waals surface area contributed by atoms with Crippen molar-refractivity contribution >= 4 is 11.8 Å². The molecule has 132 valence electrons. The maximum absolute atomic E-state index is 12.5. The number of morpholine rings is 1. The summed E-state index contributed by atoms with van der Waals surface area (Å²) >= 11 is 0. The fourth-order valence-electron chi connectivity index (χ4n) is 2.74. The highest BCUT2D eigenvalue weighted by atomic mass is 16.5. The lowest BCUT2D eigenvalue weighted by Crippen LogP contribution is -2.51. The van der Waals surface area contributed by atoms with E-state index in [4.69, 9.17) is 9.15 Å². The molecule has 1 unspecified atom stereocenters. The summed E-state index contributed by atoms with van der Waals surface area (Å²) < 4.78 is 10.7. The minimum absolute atomic E-state index is 0.138. The number of carbonyl (C=O) groups is 2. The maximum Gasteiger partial charge on any atom is 0.257 e. The molecular formula is C18H21N3O4. The number of pyridine rings is 1. The maximum atomic E-state index is 12.5. The van der Waals surface area contributed by atoms with Gasteiger partial charge in [0.05, 0.1) is 25.0 Å². The molecule has 1 saturated heterocycles. The molecular weight excluding hydrogens is 322 g/mol. The molecule has 25 heavy (non-hydrogen) atoms. The van der Waals surface area contributed by atoms with Crippen LogP contribution in [0, 0.1) is 6.92 Å². The Morgan fingerprint density at radius 2 is 2.24 bits per heavy atom. The molecule has 0 radical (unpaired) electrons. The average Bonchev–Trinajstić information content (AvgIpc) is 3.08. The van der Waals surface area contributed by atoms with Crippen molar-refractivity contribution in [1.29, 1.82) is 0 Å². The van der Waals surface area contributed by atoms with Gasteiger partial charge in [0.1, 0.15) is 5.76 Å². The molecule has 0 aliphatic carbocycles. The molecule has 0 spiro atoms. The van der Waals surface area contributed by atoms with Gasteiger partial charge in [0.15, 0.2) is 6.10 Å². The second-order valence-electron chi connectivity index (χ2n) is 5.86. The van der Waals surface area contributed by atoms with Crippen molar-refractivity contribution in [1.82, 2.24) is 15.2 Å². The first-order valence-electron chi connectivity index (χ1n) is 8.28. The first kappa shape index (κ1) is 17.2. The first-order valence-corrected chi connectivity index (χ1v) is 8.28. The second-order valence-corrected chi connectivity index (χ2v) is 5.86. The van der Waals surface area contributed by atoms with Gasteiger partial charge < -0.3 is 19.4 Å². The second kappa shape index (κ2) is 7.94. The van der Waals surface area contributed by atoms with Gasteiger partial charge in [-0.1, -0.05) is 6.07 Å². The van der Waals surface area contributed by atoms with E-state index >= 15 is 0 Å². The Morgan fingerprint density at radius 3 is 2.96 bits per heavy atom. The van der Waals surface area contributed by atoms with Crippen LogP contribution in [0.2, 0.25) is 0 Å². The summed E-state index contributed by atoms with van der Waals surface area (Å²) in [7, 11) is 0. The third-order valence-corrected chi connectivity index (χ3v) is 4.14. The van der Waals surface area contributed by atoms with E-state index in [0.29, 0.717) is 37.4 Å². The van der Waals surface area contributed by atoms with Crippen molar-refractivity contribution in [3.05, 3.63) is 53.7 Å². The number of hydrogen-bond donors (Lipinski definition) is 1. The van der Waals surface area contributed by atoms with Crippen molar-refractivity contribution in [2.75, 3.05) is 26.2 Å².